The van der Waals surface area contributed by atoms with Crippen molar-refractivity contribution in [3.05, 3.63) is 52.2 Å². The molecule has 7 heteroatoms. The van der Waals surface area contributed by atoms with Gasteiger partial charge in [0.05, 0.1) is 9.88 Å². The summed E-state index contributed by atoms with van der Waals surface area (Å²) in [4.78, 5) is 27.6. The van der Waals surface area contributed by atoms with E-state index in [1.807, 2.05) is 18.7 Å². The van der Waals surface area contributed by atoms with Crippen molar-refractivity contribution in [1.82, 2.24) is 4.90 Å². The van der Waals surface area contributed by atoms with Crippen LogP contribution in [0.3, 0.4) is 0 Å². The van der Waals surface area contributed by atoms with Crippen molar-refractivity contribution in [2.45, 2.75) is 26.3 Å². The summed E-state index contributed by atoms with van der Waals surface area (Å²) in [7, 11) is 0. The smallest absolute Gasteiger partial charge is 0.264 e. The molecule has 26 heavy (non-hydrogen) atoms. The standard InChI is InChI=1S/C19H22FN3O2S/c1-11-6-16(22-18(24)14-4-3-5-15(20)8-14)26-17(11)19(25)23-10-13(9-21)7-12(23)2/h3-6,8,12-13H,7,9-10,21H2,1-2H3,(H,22,24). The highest BCUT2D eigenvalue weighted by atomic mass is 32.1. The molecule has 0 aliphatic carbocycles. The Morgan fingerprint density at radius 1 is 1.38 bits per heavy atom. The molecule has 0 bridgehead atoms. The fourth-order valence-electron chi connectivity index (χ4n) is 3.30. The zero-order chi connectivity index (χ0) is 18.8. The quantitative estimate of drug-likeness (QED) is 0.861. The molecule has 2 unspecified atom stereocenters. The highest BCUT2D eigenvalue weighted by molar-refractivity contribution is 7.18. The van der Waals surface area contributed by atoms with E-state index < -0.39 is 11.7 Å². The summed E-state index contributed by atoms with van der Waals surface area (Å²) in [5, 5.41) is 3.32. The molecule has 2 atom stereocenters. The van der Waals surface area contributed by atoms with Crippen LogP contribution in [0.15, 0.2) is 30.3 Å². The molecule has 0 radical (unpaired) electrons. The minimum absolute atomic E-state index is 0.0257. The molecule has 3 N–H and O–H groups in total. The molecule has 0 spiro atoms. The minimum Gasteiger partial charge on any atom is -0.335 e. The van der Waals surface area contributed by atoms with Crippen molar-refractivity contribution in [3.63, 3.8) is 0 Å². The summed E-state index contributed by atoms with van der Waals surface area (Å²) in [6.45, 7) is 5.12. The first kappa shape index (κ1) is 18.5. The summed E-state index contributed by atoms with van der Waals surface area (Å²) in [6, 6.07) is 7.43. The largest absolute Gasteiger partial charge is 0.335 e. The number of nitrogens with zero attached hydrogens (tertiary/aromatic N) is 1. The number of benzene rings is 1. The highest BCUT2D eigenvalue weighted by Crippen LogP contribution is 2.31. The molecule has 1 aliphatic rings. The Bertz CT molecular complexity index is 836. The van der Waals surface area contributed by atoms with Crippen LogP contribution in [0.4, 0.5) is 9.39 Å². The zero-order valence-electron chi connectivity index (χ0n) is 14.8. The van der Waals surface area contributed by atoms with E-state index in [4.69, 9.17) is 5.73 Å². The van der Waals surface area contributed by atoms with Crippen LogP contribution < -0.4 is 11.1 Å². The van der Waals surface area contributed by atoms with Crippen LogP contribution in [0, 0.1) is 18.7 Å². The number of likely N-dealkylation sites (tertiary alicyclic amines) is 1. The molecular formula is C19H22FN3O2S. The van der Waals surface area contributed by atoms with Gasteiger partial charge < -0.3 is 16.0 Å². The predicted octanol–water partition coefficient (Wildman–Crippen LogP) is 3.26. The van der Waals surface area contributed by atoms with Crippen LogP contribution in [0.25, 0.3) is 0 Å². The first-order valence-corrected chi connectivity index (χ1v) is 9.39. The number of amides is 2. The highest BCUT2D eigenvalue weighted by Gasteiger charge is 2.33. The molecule has 1 aromatic heterocycles. The van der Waals surface area contributed by atoms with Crippen LogP contribution in [0.2, 0.25) is 0 Å². The SMILES string of the molecule is Cc1cc(NC(=O)c2cccc(F)c2)sc1C(=O)N1CC(CN)CC1C. The van der Waals surface area contributed by atoms with Gasteiger partial charge in [-0.25, -0.2) is 4.39 Å². The van der Waals surface area contributed by atoms with Crippen LogP contribution in [0.5, 0.6) is 0 Å². The average Bonchev–Trinajstić information content (AvgIpc) is 3.16. The minimum atomic E-state index is -0.464. The van der Waals surface area contributed by atoms with Crippen molar-refractivity contribution in [3.8, 4) is 0 Å². The maximum atomic E-state index is 13.3. The molecule has 2 aromatic rings. The second kappa shape index (κ2) is 7.55. The number of hydrogen-bond acceptors (Lipinski definition) is 4. The van der Waals surface area contributed by atoms with Crippen LogP contribution in [0.1, 0.15) is 38.9 Å². The van der Waals surface area contributed by atoms with Crippen molar-refractivity contribution >= 4 is 28.2 Å². The molecule has 5 nitrogen and oxygen atoms in total. The Morgan fingerprint density at radius 2 is 2.15 bits per heavy atom. The Kier molecular flexibility index (Phi) is 5.38. The van der Waals surface area contributed by atoms with Gasteiger partial charge in [-0.3, -0.25) is 9.59 Å². The fourth-order valence-corrected chi connectivity index (χ4v) is 4.32. The molecule has 3 rings (SSSR count). The molecule has 2 heterocycles. The van der Waals surface area contributed by atoms with Gasteiger partial charge in [0, 0.05) is 18.2 Å². The van der Waals surface area contributed by atoms with Crippen LogP contribution >= 0.6 is 11.3 Å². The lowest BCUT2D eigenvalue weighted by Crippen LogP contribution is -2.34. The van der Waals surface area contributed by atoms with Crippen molar-refractivity contribution in [2.75, 3.05) is 18.4 Å². The number of halogens is 1. The lowest BCUT2D eigenvalue weighted by molar-refractivity contribution is 0.0747. The molecule has 1 aliphatic heterocycles. The first-order valence-electron chi connectivity index (χ1n) is 8.57. The number of anilines is 1. The number of nitrogens with one attached hydrogen (secondary N) is 1. The summed E-state index contributed by atoms with van der Waals surface area (Å²) >= 11 is 1.24. The second-order valence-corrected chi connectivity index (χ2v) is 7.78. The Hall–Kier alpha value is -2.25. The maximum Gasteiger partial charge on any atom is 0.264 e. The fraction of sp³-hybridized carbons (Fsp3) is 0.368. The zero-order valence-corrected chi connectivity index (χ0v) is 15.6. The van der Waals surface area contributed by atoms with Gasteiger partial charge in [-0.15, -0.1) is 11.3 Å². The van der Waals surface area contributed by atoms with Gasteiger partial charge in [0.2, 0.25) is 0 Å². The molecule has 1 saturated heterocycles. The summed E-state index contributed by atoms with van der Waals surface area (Å²) in [5.41, 5.74) is 6.80. The summed E-state index contributed by atoms with van der Waals surface area (Å²) in [6.07, 6.45) is 0.913. The number of nitrogens with two attached hydrogens (primary N) is 1. The van der Waals surface area contributed by atoms with E-state index >= 15 is 0 Å². The monoisotopic (exact) mass is 375 g/mol. The van der Waals surface area contributed by atoms with E-state index in [1.165, 1.54) is 29.5 Å². The average molecular weight is 375 g/mol. The Labute approximate surface area is 156 Å². The molecule has 0 saturated carbocycles. The number of rotatable bonds is 4. The topological polar surface area (TPSA) is 75.4 Å². The van der Waals surface area contributed by atoms with Gasteiger partial charge in [0.1, 0.15) is 5.82 Å². The Balaban J connectivity index is 1.75. The van der Waals surface area contributed by atoms with E-state index in [0.29, 0.717) is 28.9 Å². The van der Waals surface area contributed by atoms with Gasteiger partial charge in [0.25, 0.3) is 11.8 Å². The van der Waals surface area contributed by atoms with E-state index in [2.05, 4.69) is 5.32 Å². The Morgan fingerprint density at radius 3 is 2.81 bits per heavy atom. The van der Waals surface area contributed by atoms with E-state index in [0.717, 1.165) is 12.0 Å². The first-order chi connectivity index (χ1) is 12.4. The van der Waals surface area contributed by atoms with Gasteiger partial charge in [-0.2, -0.15) is 0 Å². The van der Waals surface area contributed by atoms with E-state index in [1.54, 1.807) is 12.1 Å². The van der Waals surface area contributed by atoms with Gasteiger partial charge in [0.15, 0.2) is 0 Å². The van der Waals surface area contributed by atoms with E-state index in [9.17, 15) is 14.0 Å². The molecular weight excluding hydrogens is 353 g/mol. The lowest BCUT2D eigenvalue weighted by Gasteiger charge is -2.21. The van der Waals surface area contributed by atoms with Gasteiger partial charge >= 0.3 is 0 Å². The molecule has 2 amide bonds. The number of aryl methyl sites for hydroxylation is 1. The van der Waals surface area contributed by atoms with Crippen LogP contribution in [-0.4, -0.2) is 35.8 Å². The normalized spacial score (nSPS) is 19.6. The van der Waals surface area contributed by atoms with Gasteiger partial charge in [-0.05, 0) is 62.6 Å². The van der Waals surface area contributed by atoms with Crippen molar-refractivity contribution in [2.24, 2.45) is 11.7 Å². The summed E-state index contributed by atoms with van der Waals surface area (Å²) in [5.74, 6) is -0.556. The third-order valence-corrected chi connectivity index (χ3v) is 5.83. The third kappa shape index (κ3) is 3.78. The lowest BCUT2D eigenvalue weighted by atomic mass is 10.1. The van der Waals surface area contributed by atoms with E-state index in [-0.39, 0.29) is 17.5 Å². The number of carbonyl (C=O) groups excluding carboxylic acids is 2. The van der Waals surface area contributed by atoms with Crippen LogP contribution in [-0.2, 0) is 0 Å². The number of carbonyl (C=O) groups is 2. The predicted molar refractivity (Wildman–Crippen MR) is 101 cm³/mol. The second-order valence-electron chi connectivity index (χ2n) is 6.73. The number of thiophene rings is 1. The maximum absolute atomic E-state index is 13.3. The number of hydrogen-bond donors (Lipinski definition) is 2. The van der Waals surface area contributed by atoms with Crippen molar-refractivity contribution in [1.29, 1.82) is 0 Å². The molecule has 1 aromatic carbocycles. The molecule has 1 fully saturated rings. The molecule has 138 valence electrons. The van der Waals surface area contributed by atoms with Crippen molar-refractivity contribution < 1.29 is 14.0 Å². The summed E-state index contributed by atoms with van der Waals surface area (Å²) < 4.78 is 13.3. The third-order valence-electron chi connectivity index (χ3n) is 4.69. The van der Waals surface area contributed by atoms with Gasteiger partial charge in [-0.1, -0.05) is 6.07 Å².